The van der Waals surface area contributed by atoms with Crippen LogP contribution in [0.3, 0.4) is 0 Å². The van der Waals surface area contributed by atoms with E-state index in [9.17, 15) is 8.78 Å². The van der Waals surface area contributed by atoms with Crippen LogP contribution in [0.4, 0.5) is 8.78 Å². The van der Waals surface area contributed by atoms with Gasteiger partial charge in [0.05, 0.1) is 18.4 Å². The number of methoxy groups -OCH3 is 1. The number of halogens is 4. The first-order valence-electron chi connectivity index (χ1n) is 3.67. The third-order valence-electron chi connectivity index (χ3n) is 1.63. The summed E-state index contributed by atoms with van der Waals surface area (Å²) in [6.07, 6.45) is -2.62. The number of aromatic nitrogens is 1. The molecule has 1 rings (SSSR count). The number of nitrogens with zero attached hydrogens (tertiary/aromatic N) is 1. The molecule has 0 aliphatic rings. The summed E-state index contributed by atoms with van der Waals surface area (Å²) in [6, 6.07) is 1.27. The zero-order valence-electron chi connectivity index (χ0n) is 7.23. The Bertz CT molecular complexity index is 310. The Labute approximate surface area is 93.4 Å². The molecule has 0 saturated carbocycles. The SMILES string of the molecule is COc1cc(Cl)nc(CBr)c1C(F)F. The monoisotopic (exact) mass is 285 g/mol. The van der Waals surface area contributed by atoms with Crippen LogP contribution < -0.4 is 4.74 Å². The molecule has 0 aliphatic heterocycles. The average molecular weight is 287 g/mol. The van der Waals surface area contributed by atoms with E-state index in [1.165, 1.54) is 13.2 Å². The van der Waals surface area contributed by atoms with Gasteiger partial charge in [0, 0.05) is 11.4 Å². The standard InChI is InChI=1S/C8H7BrClF2NO/c1-14-5-2-6(10)13-4(3-9)7(5)8(11)12/h2,8H,3H2,1H3. The molecule has 1 aromatic rings. The molecule has 0 aromatic carbocycles. The lowest BCUT2D eigenvalue weighted by Crippen LogP contribution is -2.00. The van der Waals surface area contributed by atoms with Gasteiger partial charge in [0.2, 0.25) is 0 Å². The molecule has 0 N–H and O–H groups in total. The minimum atomic E-state index is -2.62. The largest absolute Gasteiger partial charge is 0.496 e. The van der Waals surface area contributed by atoms with E-state index >= 15 is 0 Å². The number of pyridine rings is 1. The molecule has 0 unspecified atom stereocenters. The maximum atomic E-state index is 12.6. The third-order valence-corrected chi connectivity index (χ3v) is 2.36. The summed E-state index contributed by atoms with van der Waals surface area (Å²) in [5, 5.41) is 0.351. The van der Waals surface area contributed by atoms with Gasteiger partial charge in [-0.1, -0.05) is 27.5 Å². The topological polar surface area (TPSA) is 22.1 Å². The highest BCUT2D eigenvalue weighted by Crippen LogP contribution is 2.33. The van der Waals surface area contributed by atoms with Crippen molar-refractivity contribution in [3.8, 4) is 5.75 Å². The smallest absolute Gasteiger partial charge is 0.269 e. The lowest BCUT2D eigenvalue weighted by Gasteiger charge is -2.11. The summed E-state index contributed by atoms with van der Waals surface area (Å²) in [5.74, 6) is 0.0643. The Morgan fingerprint density at radius 1 is 1.64 bits per heavy atom. The summed E-state index contributed by atoms with van der Waals surface area (Å²) in [6.45, 7) is 0. The van der Waals surface area contributed by atoms with Crippen LogP contribution in [-0.2, 0) is 5.33 Å². The van der Waals surface area contributed by atoms with Crippen molar-refractivity contribution >= 4 is 27.5 Å². The fourth-order valence-electron chi connectivity index (χ4n) is 1.05. The van der Waals surface area contributed by atoms with Crippen molar-refractivity contribution in [2.45, 2.75) is 11.8 Å². The zero-order chi connectivity index (χ0) is 10.7. The van der Waals surface area contributed by atoms with Crippen molar-refractivity contribution in [3.05, 3.63) is 22.5 Å². The van der Waals surface area contributed by atoms with Crippen LogP contribution in [0.25, 0.3) is 0 Å². The first-order chi connectivity index (χ1) is 6.60. The highest BCUT2D eigenvalue weighted by atomic mass is 79.9. The molecule has 0 amide bonds. The summed E-state index contributed by atoms with van der Waals surface area (Å²) in [5.41, 5.74) is -0.0156. The van der Waals surface area contributed by atoms with Gasteiger partial charge in [0.25, 0.3) is 6.43 Å². The molecule has 1 aromatic heterocycles. The normalized spacial score (nSPS) is 10.7. The predicted molar refractivity (Wildman–Crippen MR) is 53.4 cm³/mol. The molecular formula is C8H7BrClF2NO. The first-order valence-corrected chi connectivity index (χ1v) is 5.17. The molecule has 0 aliphatic carbocycles. The van der Waals surface area contributed by atoms with Crippen molar-refractivity contribution in [2.24, 2.45) is 0 Å². The van der Waals surface area contributed by atoms with E-state index in [1.54, 1.807) is 0 Å². The maximum absolute atomic E-state index is 12.6. The summed E-state index contributed by atoms with van der Waals surface area (Å²) in [7, 11) is 1.32. The molecule has 2 nitrogen and oxygen atoms in total. The molecule has 0 saturated heterocycles. The Kier molecular flexibility index (Phi) is 4.07. The van der Waals surface area contributed by atoms with Gasteiger partial charge in [0.1, 0.15) is 10.9 Å². The molecule has 0 spiro atoms. The van der Waals surface area contributed by atoms with Crippen LogP contribution in [0.15, 0.2) is 6.07 Å². The van der Waals surface area contributed by atoms with E-state index in [4.69, 9.17) is 16.3 Å². The Hall–Kier alpha value is -0.420. The molecule has 0 radical (unpaired) electrons. The summed E-state index contributed by atoms with van der Waals surface area (Å²) in [4.78, 5) is 3.78. The highest BCUT2D eigenvalue weighted by Gasteiger charge is 2.20. The van der Waals surface area contributed by atoms with Gasteiger partial charge in [0.15, 0.2) is 0 Å². The second-order valence-corrected chi connectivity index (χ2v) is 3.39. The maximum Gasteiger partial charge on any atom is 0.269 e. The van der Waals surface area contributed by atoms with Crippen LogP contribution in [0.5, 0.6) is 5.75 Å². The second-order valence-electron chi connectivity index (χ2n) is 2.44. The van der Waals surface area contributed by atoms with Gasteiger partial charge in [-0.05, 0) is 0 Å². The molecule has 78 valence electrons. The Morgan fingerprint density at radius 2 is 2.29 bits per heavy atom. The van der Waals surface area contributed by atoms with Gasteiger partial charge in [-0.25, -0.2) is 13.8 Å². The zero-order valence-corrected chi connectivity index (χ0v) is 9.57. The van der Waals surface area contributed by atoms with Gasteiger partial charge in [-0.2, -0.15) is 0 Å². The Balaban J connectivity index is 3.33. The lowest BCUT2D eigenvalue weighted by atomic mass is 10.2. The number of ether oxygens (including phenoxy) is 1. The van der Waals surface area contributed by atoms with Crippen LogP contribution >= 0.6 is 27.5 Å². The second kappa shape index (κ2) is 4.89. The van der Waals surface area contributed by atoms with E-state index in [2.05, 4.69) is 20.9 Å². The van der Waals surface area contributed by atoms with E-state index in [0.29, 0.717) is 0 Å². The quantitative estimate of drug-likeness (QED) is 0.626. The fraction of sp³-hybridized carbons (Fsp3) is 0.375. The van der Waals surface area contributed by atoms with E-state index in [0.717, 1.165) is 0 Å². The van der Waals surface area contributed by atoms with Gasteiger partial charge >= 0.3 is 0 Å². The van der Waals surface area contributed by atoms with Gasteiger partial charge < -0.3 is 4.74 Å². The van der Waals surface area contributed by atoms with Crippen molar-refractivity contribution in [1.29, 1.82) is 0 Å². The number of hydrogen-bond donors (Lipinski definition) is 0. The fourth-order valence-corrected chi connectivity index (χ4v) is 1.68. The van der Waals surface area contributed by atoms with Crippen LogP contribution in [0.1, 0.15) is 17.7 Å². The van der Waals surface area contributed by atoms with Gasteiger partial charge in [-0.3, -0.25) is 0 Å². The number of alkyl halides is 3. The first kappa shape index (κ1) is 11.7. The van der Waals surface area contributed by atoms with Crippen molar-refractivity contribution in [3.63, 3.8) is 0 Å². The lowest BCUT2D eigenvalue weighted by molar-refractivity contribution is 0.145. The number of rotatable bonds is 3. The van der Waals surface area contributed by atoms with Crippen molar-refractivity contribution < 1.29 is 13.5 Å². The van der Waals surface area contributed by atoms with Crippen LogP contribution in [0.2, 0.25) is 5.15 Å². The molecule has 0 atom stereocenters. The third kappa shape index (κ3) is 2.33. The van der Waals surface area contributed by atoms with Crippen LogP contribution in [-0.4, -0.2) is 12.1 Å². The van der Waals surface area contributed by atoms with Gasteiger partial charge in [-0.15, -0.1) is 0 Å². The molecule has 14 heavy (non-hydrogen) atoms. The summed E-state index contributed by atoms with van der Waals surface area (Å²) >= 11 is 8.69. The van der Waals surface area contributed by atoms with Crippen molar-refractivity contribution in [2.75, 3.05) is 7.11 Å². The highest BCUT2D eigenvalue weighted by molar-refractivity contribution is 9.08. The van der Waals surface area contributed by atoms with Crippen LogP contribution in [0, 0.1) is 0 Å². The molecule has 0 fully saturated rings. The molecule has 1 heterocycles. The number of hydrogen-bond acceptors (Lipinski definition) is 2. The average Bonchev–Trinajstić information content (AvgIpc) is 2.15. The minimum Gasteiger partial charge on any atom is -0.496 e. The van der Waals surface area contributed by atoms with Crippen molar-refractivity contribution in [1.82, 2.24) is 4.98 Å². The molecule has 6 heteroatoms. The molecular weight excluding hydrogens is 279 g/mol. The Morgan fingerprint density at radius 3 is 2.71 bits per heavy atom. The minimum absolute atomic E-state index is 0.0643. The molecule has 0 bridgehead atoms. The van der Waals surface area contributed by atoms with E-state index < -0.39 is 6.43 Å². The predicted octanol–water partition coefficient (Wildman–Crippen LogP) is 3.58. The summed E-state index contributed by atoms with van der Waals surface area (Å²) < 4.78 is 30.0. The van der Waals surface area contributed by atoms with E-state index in [1.807, 2.05) is 0 Å². The van der Waals surface area contributed by atoms with E-state index in [-0.39, 0.29) is 27.5 Å².